The van der Waals surface area contributed by atoms with E-state index >= 15 is 0 Å². The average molecular weight is 303 g/mol. The first kappa shape index (κ1) is 16.6. The summed E-state index contributed by atoms with van der Waals surface area (Å²) in [4.78, 5) is 7.38. The van der Waals surface area contributed by atoms with Gasteiger partial charge in [0.15, 0.2) is 5.96 Å². The van der Waals surface area contributed by atoms with E-state index in [4.69, 9.17) is 21.9 Å². The lowest BCUT2D eigenvalue weighted by Gasteiger charge is -2.08. The monoisotopic (exact) mass is 303 g/mol. The van der Waals surface area contributed by atoms with Crippen LogP contribution >= 0.6 is 0 Å². The molecule has 116 valence electrons. The number of rotatable bonds is 5. The van der Waals surface area contributed by atoms with Gasteiger partial charge in [0.05, 0.1) is 12.2 Å². The van der Waals surface area contributed by atoms with Crippen LogP contribution in [0.2, 0.25) is 0 Å². The maximum atomic E-state index is 12.3. The number of nitrogens with zero attached hydrogens (tertiary/aromatic N) is 2. The van der Waals surface area contributed by atoms with Crippen molar-refractivity contribution in [2.75, 3.05) is 13.2 Å². The average Bonchev–Trinajstić information content (AvgIpc) is 2.37. The molecule has 6 N–H and O–H groups in total. The Kier molecular flexibility index (Phi) is 5.82. The Hall–Kier alpha value is -2.45. The molecular weight excluding hydrogens is 287 g/mol. The van der Waals surface area contributed by atoms with Crippen LogP contribution in [0.25, 0.3) is 0 Å². The van der Waals surface area contributed by atoms with E-state index in [9.17, 15) is 13.2 Å². The van der Waals surface area contributed by atoms with Gasteiger partial charge in [-0.1, -0.05) is 0 Å². The number of hydrogen-bond donors (Lipinski definition) is 3. The van der Waals surface area contributed by atoms with Crippen molar-refractivity contribution < 1.29 is 17.9 Å². The zero-order chi connectivity index (χ0) is 15.9. The highest BCUT2D eigenvalue weighted by Gasteiger charge is 2.29. The fourth-order valence-electron chi connectivity index (χ4n) is 1.36. The van der Waals surface area contributed by atoms with Gasteiger partial charge in [0, 0.05) is 13.0 Å². The molecule has 0 aliphatic rings. The standard InChI is InChI=1S/C12H16F3N5O/c13-12(14,15)8-2-4-9(5-3-8)21-7-1-6-19-11(18)20-10(16)17/h2-5H,1,6-7H2,(H6,16,17,18,19,20). The van der Waals surface area contributed by atoms with Gasteiger partial charge in [0.1, 0.15) is 5.75 Å². The summed E-state index contributed by atoms with van der Waals surface area (Å²) in [7, 11) is 0. The second kappa shape index (κ2) is 7.36. The number of guanidine groups is 2. The predicted octanol–water partition coefficient (Wildman–Crippen LogP) is 1.06. The van der Waals surface area contributed by atoms with E-state index in [1.54, 1.807) is 0 Å². The number of ether oxygens (including phenoxy) is 1. The number of benzene rings is 1. The second-order valence-electron chi connectivity index (χ2n) is 4.00. The number of alkyl halides is 3. The molecule has 1 aromatic rings. The van der Waals surface area contributed by atoms with Crippen LogP contribution < -0.4 is 21.9 Å². The Bertz CT molecular complexity index is 507. The van der Waals surface area contributed by atoms with Crippen LogP contribution in [0.4, 0.5) is 13.2 Å². The largest absolute Gasteiger partial charge is 0.494 e. The topological polar surface area (TPSA) is 112 Å². The van der Waals surface area contributed by atoms with E-state index < -0.39 is 11.7 Å². The summed E-state index contributed by atoms with van der Waals surface area (Å²) < 4.78 is 42.3. The van der Waals surface area contributed by atoms with Crippen molar-refractivity contribution in [3.05, 3.63) is 29.8 Å². The van der Waals surface area contributed by atoms with E-state index in [0.717, 1.165) is 12.1 Å². The lowest BCUT2D eigenvalue weighted by Crippen LogP contribution is -2.26. The van der Waals surface area contributed by atoms with Crippen LogP contribution in [0.3, 0.4) is 0 Å². The van der Waals surface area contributed by atoms with Crippen molar-refractivity contribution in [3.8, 4) is 5.75 Å². The Morgan fingerprint density at radius 3 is 2.24 bits per heavy atom. The maximum absolute atomic E-state index is 12.3. The van der Waals surface area contributed by atoms with E-state index in [0.29, 0.717) is 18.7 Å². The highest BCUT2D eigenvalue weighted by atomic mass is 19.4. The van der Waals surface area contributed by atoms with Crippen LogP contribution in [-0.4, -0.2) is 25.1 Å². The van der Waals surface area contributed by atoms with Crippen LogP contribution in [0.1, 0.15) is 12.0 Å². The minimum Gasteiger partial charge on any atom is -0.494 e. The Morgan fingerprint density at radius 2 is 1.71 bits per heavy atom. The molecule has 0 fully saturated rings. The van der Waals surface area contributed by atoms with Gasteiger partial charge in [-0.2, -0.15) is 18.2 Å². The molecule has 1 aromatic carbocycles. The van der Waals surface area contributed by atoms with Gasteiger partial charge < -0.3 is 21.9 Å². The Morgan fingerprint density at radius 1 is 1.10 bits per heavy atom. The lowest BCUT2D eigenvalue weighted by atomic mass is 10.2. The normalized spacial score (nSPS) is 12.0. The smallest absolute Gasteiger partial charge is 0.416 e. The summed E-state index contributed by atoms with van der Waals surface area (Å²) in [5, 5.41) is 0. The molecule has 0 unspecified atom stereocenters. The summed E-state index contributed by atoms with van der Waals surface area (Å²) in [6.07, 6.45) is -3.84. The first-order valence-corrected chi connectivity index (χ1v) is 5.98. The van der Waals surface area contributed by atoms with E-state index in [1.165, 1.54) is 12.1 Å². The summed E-state index contributed by atoms with van der Waals surface area (Å²) in [6, 6.07) is 4.45. The molecule has 0 spiro atoms. The lowest BCUT2D eigenvalue weighted by molar-refractivity contribution is -0.137. The molecule has 0 saturated carbocycles. The van der Waals surface area contributed by atoms with Crippen molar-refractivity contribution in [1.82, 2.24) is 0 Å². The molecule has 9 heteroatoms. The maximum Gasteiger partial charge on any atom is 0.416 e. The molecule has 0 heterocycles. The number of halogens is 3. The van der Waals surface area contributed by atoms with Gasteiger partial charge in [-0.25, -0.2) is 0 Å². The van der Waals surface area contributed by atoms with Crippen molar-refractivity contribution in [3.63, 3.8) is 0 Å². The number of nitrogens with two attached hydrogens (primary N) is 3. The summed E-state index contributed by atoms with van der Waals surface area (Å²) in [5.74, 6) is 0.131. The third-order valence-electron chi connectivity index (χ3n) is 2.27. The van der Waals surface area contributed by atoms with Gasteiger partial charge >= 0.3 is 6.18 Å². The minimum atomic E-state index is -4.35. The zero-order valence-electron chi connectivity index (χ0n) is 11.1. The fourth-order valence-corrected chi connectivity index (χ4v) is 1.36. The van der Waals surface area contributed by atoms with Gasteiger partial charge in [0.2, 0.25) is 5.96 Å². The Labute approximate surface area is 119 Å². The quantitative estimate of drug-likeness (QED) is 0.429. The molecule has 0 aromatic heterocycles. The van der Waals surface area contributed by atoms with Crippen LogP contribution in [0.5, 0.6) is 5.75 Å². The van der Waals surface area contributed by atoms with E-state index in [1.807, 2.05) is 0 Å². The molecule has 21 heavy (non-hydrogen) atoms. The SMILES string of the molecule is NC(N)=NC(N)=NCCCOc1ccc(C(F)(F)F)cc1. The third-order valence-corrected chi connectivity index (χ3v) is 2.27. The molecule has 0 atom stereocenters. The second-order valence-corrected chi connectivity index (χ2v) is 4.00. The van der Waals surface area contributed by atoms with Crippen LogP contribution in [-0.2, 0) is 6.18 Å². The Balaban J connectivity index is 2.35. The van der Waals surface area contributed by atoms with E-state index in [2.05, 4.69) is 9.98 Å². The molecule has 1 rings (SSSR count). The highest BCUT2D eigenvalue weighted by molar-refractivity contribution is 5.92. The van der Waals surface area contributed by atoms with Crippen molar-refractivity contribution in [2.24, 2.45) is 27.2 Å². The first-order valence-electron chi connectivity index (χ1n) is 5.98. The zero-order valence-corrected chi connectivity index (χ0v) is 11.1. The molecule has 0 bridgehead atoms. The summed E-state index contributed by atoms with van der Waals surface area (Å²) >= 11 is 0. The van der Waals surface area contributed by atoms with Gasteiger partial charge in [-0.05, 0) is 24.3 Å². The highest BCUT2D eigenvalue weighted by Crippen LogP contribution is 2.30. The molecule has 6 nitrogen and oxygen atoms in total. The molecular formula is C12H16F3N5O. The molecule has 0 radical (unpaired) electrons. The van der Waals surface area contributed by atoms with Crippen LogP contribution in [0, 0.1) is 0 Å². The molecule has 0 aliphatic carbocycles. The first-order chi connectivity index (χ1) is 9.79. The van der Waals surface area contributed by atoms with Crippen molar-refractivity contribution >= 4 is 11.9 Å². The number of hydrogen-bond acceptors (Lipinski definition) is 2. The van der Waals surface area contributed by atoms with E-state index in [-0.39, 0.29) is 18.5 Å². The van der Waals surface area contributed by atoms with Gasteiger partial charge in [-0.3, -0.25) is 4.99 Å². The molecule has 0 amide bonds. The third kappa shape index (κ3) is 6.50. The minimum absolute atomic E-state index is 0.0375. The molecule has 0 aliphatic heterocycles. The number of aliphatic imine (C=N–C) groups is 2. The van der Waals surface area contributed by atoms with Crippen molar-refractivity contribution in [1.29, 1.82) is 0 Å². The molecule has 0 saturated heterocycles. The van der Waals surface area contributed by atoms with Crippen molar-refractivity contribution in [2.45, 2.75) is 12.6 Å². The summed E-state index contributed by atoms with van der Waals surface area (Å²) in [6.45, 7) is 0.618. The van der Waals surface area contributed by atoms with Gasteiger partial charge in [-0.15, -0.1) is 0 Å². The predicted molar refractivity (Wildman–Crippen MR) is 73.9 cm³/mol. The summed E-state index contributed by atoms with van der Waals surface area (Å²) in [5.41, 5.74) is 14.9. The van der Waals surface area contributed by atoms with Crippen LogP contribution in [0.15, 0.2) is 34.3 Å². The fraction of sp³-hybridized carbons (Fsp3) is 0.333. The van der Waals surface area contributed by atoms with Gasteiger partial charge in [0.25, 0.3) is 0 Å².